The lowest BCUT2D eigenvalue weighted by molar-refractivity contribution is -0.137. The number of hydrogen-bond acceptors (Lipinski definition) is 2. The molecule has 0 unspecified atom stereocenters. The van der Waals surface area contributed by atoms with Crippen LogP contribution in [0.15, 0.2) is 0 Å². The molecule has 0 bridgehead atoms. The third-order valence-electron chi connectivity index (χ3n) is 2.25. The van der Waals surface area contributed by atoms with Crippen LogP contribution in [0, 0.1) is 0 Å². The number of carboxylic acids is 1. The SMILES string of the molecule is CCC(N)(CC)CCC(=O)O. The first-order valence-electron chi connectivity index (χ1n) is 4.04. The number of carbonyl (C=O) groups is 1. The predicted octanol–water partition coefficient (Wildman–Crippen LogP) is 1.37. The first-order chi connectivity index (χ1) is 5.04. The van der Waals surface area contributed by atoms with E-state index < -0.39 is 5.97 Å². The minimum Gasteiger partial charge on any atom is -0.481 e. The Hall–Kier alpha value is -0.570. The summed E-state index contributed by atoms with van der Waals surface area (Å²) in [5, 5.41) is 8.41. The summed E-state index contributed by atoms with van der Waals surface area (Å²) in [6.45, 7) is 3.98. The van der Waals surface area contributed by atoms with Gasteiger partial charge in [0.15, 0.2) is 0 Å². The summed E-state index contributed by atoms with van der Waals surface area (Å²) in [6, 6.07) is 0. The van der Waals surface area contributed by atoms with Gasteiger partial charge in [-0.2, -0.15) is 0 Å². The third kappa shape index (κ3) is 3.98. The molecule has 66 valence electrons. The van der Waals surface area contributed by atoms with Gasteiger partial charge < -0.3 is 10.8 Å². The van der Waals surface area contributed by atoms with E-state index in [0.717, 1.165) is 12.8 Å². The van der Waals surface area contributed by atoms with Crippen LogP contribution >= 0.6 is 0 Å². The summed E-state index contributed by atoms with van der Waals surface area (Å²) in [5.74, 6) is -0.762. The highest BCUT2D eigenvalue weighted by Crippen LogP contribution is 2.17. The summed E-state index contributed by atoms with van der Waals surface area (Å²) in [5.41, 5.74) is 5.62. The molecule has 0 aromatic carbocycles. The molecule has 0 aromatic heterocycles. The van der Waals surface area contributed by atoms with Crippen molar-refractivity contribution < 1.29 is 9.90 Å². The van der Waals surface area contributed by atoms with Crippen molar-refractivity contribution in [1.29, 1.82) is 0 Å². The third-order valence-corrected chi connectivity index (χ3v) is 2.25. The zero-order valence-corrected chi connectivity index (χ0v) is 7.26. The predicted molar refractivity (Wildman–Crippen MR) is 44.4 cm³/mol. The van der Waals surface area contributed by atoms with E-state index in [9.17, 15) is 4.79 Å². The molecule has 0 aliphatic carbocycles. The molecule has 0 aliphatic heterocycles. The monoisotopic (exact) mass is 159 g/mol. The maximum absolute atomic E-state index is 10.2. The van der Waals surface area contributed by atoms with E-state index in [1.165, 1.54) is 0 Å². The Morgan fingerprint density at radius 3 is 2.18 bits per heavy atom. The molecule has 11 heavy (non-hydrogen) atoms. The average molecular weight is 159 g/mol. The maximum Gasteiger partial charge on any atom is 0.303 e. The van der Waals surface area contributed by atoms with E-state index in [-0.39, 0.29) is 12.0 Å². The summed E-state index contributed by atoms with van der Waals surface area (Å²) < 4.78 is 0. The molecule has 3 heteroatoms. The standard InChI is InChI=1S/C8H17NO2/c1-3-8(9,4-2)6-5-7(10)11/h3-6,9H2,1-2H3,(H,10,11). The highest BCUT2D eigenvalue weighted by atomic mass is 16.4. The second kappa shape index (κ2) is 4.34. The fraction of sp³-hybridized carbons (Fsp3) is 0.875. The van der Waals surface area contributed by atoms with Gasteiger partial charge in [0, 0.05) is 12.0 Å². The quantitative estimate of drug-likeness (QED) is 0.636. The molecule has 0 spiro atoms. The first kappa shape index (κ1) is 10.4. The van der Waals surface area contributed by atoms with Crippen LogP contribution in [0.25, 0.3) is 0 Å². The Morgan fingerprint density at radius 2 is 1.91 bits per heavy atom. The molecule has 0 heterocycles. The normalized spacial score (nSPS) is 11.5. The van der Waals surface area contributed by atoms with Crippen molar-refractivity contribution >= 4 is 5.97 Å². The van der Waals surface area contributed by atoms with Gasteiger partial charge in [-0.05, 0) is 19.3 Å². The van der Waals surface area contributed by atoms with Crippen LogP contribution in [0.5, 0.6) is 0 Å². The van der Waals surface area contributed by atoms with Gasteiger partial charge in [-0.25, -0.2) is 0 Å². The number of rotatable bonds is 5. The molecule has 0 saturated heterocycles. The van der Waals surface area contributed by atoms with Crippen LogP contribution in [0.1, 0.15) is 39.5 Å². The molecule has 0 fully saturated rings. The molecule has 0 amide bonds. The van der Waals surface area contributed by atoms with Gasteiger partial charge in [-0.1, -0.05) is 13.8 Å². The largest absolute Gasteiger partial charge is 0.481 e. The number of hydrogen-bond donors (Lipinski definition) is 2. The zero-order chi connectivity index (χ0) is 8.91. The van der Waals surface area contributed by atoms with Gasteiger partial charge in [0.1, 0.15) is 0 Å². The van der Waals surface area contributed by atoms with Gasteiger partial charge in [0.05, 0.1) is 0 Å². The minimum absolute atomic E-state index is 0.179. The van der Waals surface area contributed by atoms with Crippen LogP contribution in [0.4, 0.5) is 0 Å². The molecule has 0 rings (SSSR count). The van der Waals surface area contributed by atoms with Gasteiger partial charge in [-0.15, -0.1) is 0 Å². The van der Waals surface area contributed by atoms with Crippen LogP contribution in [0.2, 0.25) is 0 Å². The van der Waals surface area contributed by atoms with Gasteiger partial charge in [0.25, 0.3) is 0 Å². The van der Waals surface area contributed by atoms with Crippen LogP contribution < -0.4 is 5.73 Å². The Morgan fingerprint density at radius 1 is 1.45 bits per heavy atom. The number of carboxylic acid groups (broad SMARTS) is 1. The highest BCUT2D eigenvalue weighted by Gasteiger charge is 2.20. The average Bonchev–Trinajstić information content (AvgIpc) is 2.00. The van der Waals surface area contributed by atoms with Crippen LogP contribution in [0.3, 0.4) is 0 Å². The Balaban J connectivity index is 3.78. The Bertz CT molecular complexity index is 130. The fourth-order valence-corrected chi connectivity index (χ4v) is 0.959. The molecule has 0 atom stereocenters. The van der Waals surface area contributed by atoms with E-state index in [1.807, 2.05) is 13.8 Å². The van der Waals surface area contributed by atoms with E-state index in [1.54, 1.807) is 0 Å². The Labute approximate surface area is 67.6 Å². The molecule has 3 nitrogen and oxygen atoms in total. The van der Waals surface area contributed by atoms with Crippen molar-refractivity contribution in [3.63, 3.8) is 0 Å². The molecular formula is C8H17NO2. The second-order valence-corrected chi connectivity index (χ2v) is 2.96. The van der Waals surface area contributed by atoms with Crippen molar-refractivity contribution in [2.24, 2.45) is 5.73 Å². The van der Waals surface area contributed by atoms with E-state index in [4.69, 9.17) is 10.8 Å². The van der Waals surface area contributed by atoms with Crippen molar-refractivity contribution in [2.45, 2.75) is 45.1 Å². The zero-order valence-electron chi connectivity index (χ0n) is 7.26. The van der Waals surface area contributed by atoms with Crippen LogP contribution in [-0.2, 0) is 4.79 Å². The summed E-state index contributed by atoms with van der Waals surface area (Å²) >= 11 is 0. The van der Waals surface area contributed by atoms with Crippen molar-refractivity contribution in [3.05, 3.63) is 0 Å². The van der Waals surface area contributed by atoms with Gasteiger partial charge in [0.2, 0.25) is 0 Å². The first-order valence-corrected chi connectivity index (χ1v) is 4.04. The van der Waals surface area contributed by atoms with E-state index in [0.29, 0.717) is 6.42 Å². The highest BCUT2D eigenvalue weighted by molar-refractivity contribution is 5.66. The van der Waals surface area contributed by atoms with Crippen molar-refractivity contribution in [2.75, 3.05) is 0 Å². The van der Waals surface area contributed by atoms with Gasteiger partial charge in [-0.3, -0.25) is 4.79 Å². The summed E-state index contributed by atoms with van der Waals surface area (Å²) in [7, 11) is 0. The topological polar surface area (TPSA) is 63.3 Å². The molecule has 0 aliphatic rings. The van der Waals surface area contributed by atoms with Crippen molar-refractivity contribution in [1.82, 2.24) is 0 Å². The van der Waals surface area contributed by atoms with Crippen LogP contribution in [-0.4, -0.2) is 16.6 Å². The fourth-order valence-electron chi connectivity index (χ4n) is 0.959. The summed E-state index contributed by atoms with van der Waals surface area (Å²) in [4.78, 5) is 10.2. The molecule has 0 saturated carbocycles. The smallest absolute Gasteiger partial charge is 0.303 e. The lowest BCUT2D eigenvalue weighted by Crippen LogP contribution is -2.38. The van der Waals surface area contributed by atoms with E-state index in [2.05, 4.69) is 0 Å². The number of aliphatic carboxylic acids is 1. The van der Waals surface area contributed by atoms with Gasteiger partial charge >= 0.3 is 5.97 Å². The molecule has 0 radical (unpaired) electrons. The summed E-state index contributed by atoms with van der Waals surface area (Å²) in [6.07, 6.45) is 2.45. The second-order valence-electron chi connectivity index (χ2n) is 2.96. The molecule has 0 aromatic rings. The number of nitrogens with two attached hydrogens (primary N) is 1. The Kier molecular flexibility index (Phi) is 4.11. The van der Waals surface area contributed by atoms with E-state index >= 15 is 0 Å². The lowest BCUT2D eigenvalue weighted by Gasteiger charge is -2.25. The molecular weight excluding hydrogens is 142 g/mol. The lowest BCUT2D eigenvalue weighted by atomic mass is 9.89. The molecule has 3 N–H and O–H groups in total. The maximum atomic E-state index is 10.2. The minimum atomic E-state index is -0.762. The van der Waals surface area contributed by atoms with Crippen molar-refractivity contribution in [3.8, 4) is 0 Å².